The van der Waals surface area contributed by atoms with E-state index in [0.717, 1.165) is 0 Å². The number of nitrogens with one attached hydrogen (secondary N) is 1. The van der Waals surface area contributed by atoms with Gasteiger partial charge in [-0.1, -0.05) is 11.6 Å². The molecule has 3 rings (SSSR count). The number of hydrogen-bond donors (Lipinski definition) is 1. The van der Waals surface area contributed by atoms with E-state index in [1.807, 2.05) is 0 Å². The van der Waals surface area contributed by atoms with Gasteiger partial charge >= 0.3 is 0 Å². The van der Waals surface area contributed by atoms with Gasteiger partial charge in [-0.25, -0.2) is 18.7 Å². The standard InChI is InChI=1S/C15H12ClF2N5O/c1-23-14-10(6-21-23)9(15(24)20-7-13(17)18)4-11(22-14)8-2-3-12(16)19-5-8/h2-6,13H,7H2,1H3,(H,20,24). The highest BCUT2D eigenvalue weighted by Crippen LogP contribution is 2.24. The van der Waals surface area contributed by atoms with Crippen molar-refractivity contribution in [2.45, 2.75) is 6.43 Å². The molecule has 0 aromatic carbocycles. The van der Waals surface area contributed by atoms with Gasteiger partial charge in [0.15, 0.2) is 5.65 Å². The van der Waals surface area contributed by atoms with Crippen molar-refractivity contribution in [2.75, 3.05) is 6.54 Å². The second-order valence-corrected chi connectivity index (χ2v) is 5.42. The van der Waals surface area contributed by atoms with Crippen LogP contribution >= 0.6 is 11.6 Å². The third-order valence-corrected chi connectivity index (χ3v) is 3.61. The maximum absolute atomic E-state index is 12.3. The number of alkyl halides is 2. The lowest BCUT2D eigenvalue weighted by molar-refractivity contribution is 0.0893. The number of pyridine rings is 2. The zero-order valence-electron chi connectivity index (χ0n) is 12.5. The number of nitrogens with zero attached hydrogens (tertiary/aromatic N) is 4. The van der Waals surface area contributed by atoms with Gasteiger partial charge in [0.1, 0.15) is 5.15 Å². The van der Waals surface area contributed by atoms with E-state index >= 15 is 0 Å². The van der Waals surface area contributed by atoms with Crippen LogP contribution in [0.3, 0.4) is 0 Å². The first-order valence-corrected chi connectivity index (χ1v) is 7.34. The van der Waals surface area contributed by atoms with Gasteiger partial charge in [0.25, 0.3) is 12.3 Å². The molecule has 24 heavy (non-hydrogen) atoms. The number of halogens is 3. The summed E-state index contributed by atoms with van der Waals surface area (Å²) in [5.41, 5.74) is 1.80. The van der Waals surface area contributed by atoms with Crippen LogP contribution in [0.4, 0.5) is 8.78 Å². The lowest BCUT2D eigenvalue weighted by Gasteiger charge is -2.08. The molecule has 0 radical (unpaired) electrons. The Hall–Kier alpha value is -2.61. The Morgan fingerprint density at radius 2 is 2.17 bits per heavy atom. The molecular formula is C15H12ClF2N5O. The molecule has 3 aromatic rings. The summed E-state index contributed by atoms with van der Waals surface area (Å²) in [5, 5.41) is 7.08. The van der Waals surface area contributed by atoms with E-state index in [9.17, 15) is 13.6 Å². The Labute approximate surface area is 140 Å². The van der Waals surface area contributed by atoms with Gasteiger partial charge in [-0.2, -0.15) is 5.10 Å². The Morgan fingerprint density at radius 1 is 1.38 bits per heavy atom. The van der Waals surface area contributed by atoms with Crippen LogP contribution in [0.25, 0.3) is 22.3 Å². The van der Waals surface area contributed by atoms with E-state index in [2.05, 4.69) is 20.4 Å². The molecule has 0 fully saturated rings. The van der Waals surface area contributed by atoms with E-state index in [4.69, 9.17) is 11.6 Å². The van der Waals surface area contributed by atoms with E-state index in [-0.39, 0.29) is 5.56 Å². The number of fused-ring (bicyclic) bond motifs is 1. The summed E-state index contributed by atoms with van der Waals surface area (Å²) in [4.78, 5) is 20.7. The lowest BCUT2D eigenvalue weighted by atomic mass is 10.1. The van der Waals surface area contributed by atoms with E-state index < -0.39 is 18.9 Å². The molecule has 0 aliphatic carbocycles. The number of aromatic nitrogens is 4. The fourth-order valence-corrected chi connectivity index (χ4v) is 2.35. The molecule has 0 unspecified atom stereocenters. The van der Waals surface area contributed by atoms with Gasteiger partial charge in [-0.15, -0.1) is 0 Å². The van der Waals surface area contributed by atoms with Crippen LogP contribution in [0.5, 0.6) is 0 Å². The first-order chi connectivity index (χ1) is 11.5. The van der Waals surface area contributed by atoms with Gasteiger partial charge in [-0.3, -0.25) is 9.48 Å². The van der Waals surface area contributed by atoms with Crippen LogP contribution in [0, 0.1) is 0 Å². The summed E-state index contributed by atoms with van der Waals surface area (Å²) in [6.07, 6.45) is 0.372. The van der Waals surface area contributed by atoms with E-state index in [1.54, 1.807) is 19.2 Å². The molecule has 0 saturated heterocycles. The Morgan fingerprint density at radius 3 is 2.83 bits per heavy atom. The fraction of sp³-hybridized carbons (Fsp3) is 0.200. The molecule has 0 atom stereocenters. The fourth-order valence-electron chi connectivity index (χ4n) is 2.24. The summed E-state index contributed by atoms with van der Waals surface area (Å²) < 4.78 is 26.2. The average Bonchev–Trinajstić information content (AvgIpc) is 2.94. The largest absolute Gasteiger partial charge is 0.346 e. The molecule has 0 saturated carbocycles. The number of carbonyl (C=O) groups excluding carboxylic acids is 1. The van der Waals surface area contributed by atoms with Crippen LogP contribution in [-0.4, -0.2) is 38.6 Å². The minimum atomic E-state index is -2.62. The van der Waals surface area contributed by atoms with Crippen molar-refractivity contribution in [1.82, 2.24) is 25.1 Å². The molecule has 0 bridgehead atoms. The molecule has 0 spiro atoms. The van der Waals surface area contributed by atoms with Crippen molar-refractivity contribution in [1.29, 1.82) is 0 Å². The maximum atomic E-state index is 12.3. The van der Waals surface area contributed by atoms with Crippen LogP contribution in [0.15, 0.2) is 30.6 Å². The lowest BCUT2D eigenvalue weighted by Crippen LogP contribution is -2.28. The molecule has 0 aliphatic rings. The van der Waals surface area contributed by atoms with Crippen molar-refractivity contribution >= 4 is 28.5 Å². The average molecular weight is 352 g/mol. The number of rotatable bonds is 4. The molecule has 1 amide bonds. The third-order valence-electron chi connectivity index (χ3n) is 3.39. The molecule has 6 nitrogen and oxygen atoms in total. The van der Waals surface area contributed by atoms with Gasteiger partial charge in [0, 0.05) is 18.8 Å². The first kappa shape index (κ1) is 16.3. The first-order valence-electron chi connectivity index (χ1n) is 6.96. The molecule has 124 valence electrons. The van der Waals surface area contributed by atoms with Gasteiger partial charge in [0.05, 0.1) is 29.4 Å². The van der Waals surface area contributed by atoms with Crippen molar-refractivity contribution in [2.24, 2.45) is 7.05 Å². The van der Waals surface area contributed by atoms with Crippen molar-refractivity contribution in [3.05, 3.63) is 41.3 Å². The highest BCUT2D eigenvalue weighted by molar-refractivity contribution is 6.29. The monoisotopic (exact) mass is 351 g/mol. The zero-order chi connectivity index (χ0) is 17.3. The summed E-state index contributed by atoms with van der Waals surface area (Å²) >= 11 is 5.77. The van der Waals surface area contributed by atoms with Gasteiger partial charge in [0.2, 0.25) is 0 Å². The smallest absolute Gasteiger partial charge is 0.255 e. The zero-order valence-corrected chi connectivity index (χ0v) is 13.3. The number of amides is 1. The van der Waals surface area contributed by atoms with Gasteiger partial charge < -0.3 is 5.32 Å². The molecular weight excluding hydrogens is 340 g/mol. The Kier molecular flexibility index (Phi) is 4.39. The topological polar surface area (TPSA) is 72.7 Å². The quantitative estimate of drug-likeness (QED) is 0.733. The Bertz CT molecular complexity index is 895. The predicted octanol–water partition coefficient (Wildman–Crippen LogP) is 2.68. The number of hydrogen-bond acceptors (Lipinski definition) is 4. The van der Waals surface area contributed by atoms with Crippen molar-refractivity contribution in [3.8, 4) is 11.3 Å². The third kappa shape index (κ3) is 3.18. The van der Waals surface area contributed by atoms with E-state index in [1.165, 1.54) is 23.1 Å². The molecule has 9 heteroatoms. The van der Waals surface area contributed by atoms with Crippen LogP contribution in [0.2, 0.25) is 5.15 Å². The summed E-state index contributed by atoms with van der Waals surface area (Å²) in [6.45, 7) is -0.721. The van der Waals surface area contributed by atoms with Crippen LogP contribution in [-0.2, 0) is 7.05 Å². The predicted molar refractivity (Wildman–Crippen MR) is 85.1 cm³/mol. The summed E-state index contributed by atoms with van der Waals surface area (Å²) in [7, 11) is 1.68. The molecule has 1 N–H and O–H groups in total. The summed E-state index contributed by atoms with van der Waals surface area (Å²) in [6, 6.07) is 4.83. The van der Waals surface area contributed by atoms with Crippen molar-refractivity contribution in [3.63, 3.8) is 0 Å². The maximum Gasteiger partial charge on any atom is 0.255 e. The van der Waals surface area contributed by atoms with Crippen molar-refractivity contribution < 1.29 is 13.6 Å². The summed E-state index contributed by atoms with van der Waals surface area (Å²) in [5.74, 6) is -0.612. The SMILES string of the molecule is Cn1ncc2c(C(=O)NCC(F)F)cc(-c3ccc(Cl)nc3)nc21. The molecule has 3 heterocycles. The normalized spacial score (nSPS) is 11.2. The minimum absolute atomic E-state index is 0.221. The van der Waals surface area contributed by atoms with E-state index in [0.29, 0.717) is 27.4 Å². The highest BCUT2D eigenvalue weighted by atomic mass is 35.5. The number of carbonyl (C=O) groups is 1. The minimum Gasteiger partial charge on any atom is -0.346 e. The second-order valence-electron chi connectivity index (χ2n) is 5.03. The molecule has 3 aromatic heterocycles. The second kappa shape index (κ2) is 6.48. The van der Waals surface area contributed by atoms with Gasteiger partial charge in [-0.05, 0) is 18.2 Å². The van der Waals surface area contributed by atoms with Crippen LogP contribution in [0.1, 0.15) is 10.4 Å². The number of aryl methyl sites for hydroxylation is 1. The Balaban J connectivity index is 2.10. The molecule has 0 aliphatic heterocycles. The van der Waals surface area contributed by atoms with Crippen LogP contribution < -0.4 is 5.32 Å². The highest BCUT2D eigenvalue weighted by Gasteiger charge is 2.17.